The van der Waals surface area contributed by atoms with Gasteiger partial charge in [0.25, 0.3) is 0 Å². The zero-order chi connectivity index (χ0) is 11.7. The molecule has 1 heterocycles. The van der Waals surface area contributed by atoms with Crippen molar-refractivity contribution in [3.8, 4) is 0 Å². The van der Waals surface area contributed by atoms with E-state index in [1.807, 2.05) is 0 Å². The number of benzene rings is 1. The molecule has 1 saturated heterocycles. The first-order valence-electron chi connectivity index (χ1n) is 6.88. The van der Waals surface area contributed by atoms with Crippen LogP contribution in [-0.4, -0.2) is 30.1 Å². The van der Waals surface area contributed by atoms with Crippen molar-refractivity contribution in [2.75, 3.05) is 13.1 Å². The molecule has 0 amide bonds. The molecule has 2 atom stereocenters. The quantitative estimate of drug-likeness (QED) is 0.855. The highest BCUT2D eigenvalue weighted by molar-refractivity contribution is 5.18. The Labute approximate surface area is 104 Å². The van der Waals surface area contributed by atoms with Crippen LogP contribution in [0.25, 0.3) is 0 Å². The molecule has 1 aromatic carbocycles. The second kappa shape index (κ2) is 4.79. The van der Waals surface area contributed by atoms with Crippen molar-refractivity contribution in [2.24, 2.45) is 0 Å². The van der Waals surface area contributed by atoms with Crippen LogP contribution < -0.4 is 5.32 Å². The zero-order valence-electron chi connectivity index (χ0n) is 10.6. The highest BCUT2D eigenvalue weighted by Crippen LogP contribution is 2.30. The van der Waals surface area contributed by atoms with Gasteiger partial charge in [-0.2, -0.15) is 0 Å². The molecule has 0 aromatic heterocycles. The van der Waals surface area contributed by atoms with Gasteiger partial charge in [0, 0.05) is 31.2 Å². The number of nitrogens with one attached hydrogen (secondary N) is 1. The molecule has 0 spiro atoms. The molecule has 1 N–H and O–H groups in total. The van der Waals surface area contributed by atoms with Crippen molar-refractivity contribution in [1.82, 2.24) is 10.2 Å². The topological polar surface area (TPSA) is 15.3 Å². The Morgan fingerprint density at radius 2 is 1.94 bits per heavy atom. The third-order valence-corrected chi connectivity index (χ3v) is 4.07. The Bertz CT molecular complexity index is 358. The molecule has 3 rings (SSSR count). The summed E-state index contributed by atoms with van der Waals surface area (Å²) in [5.41, 5.74) is 1.40. The largest absolute Gasteiger partial charge is 0.306 e. The second-order valence-corrected chi connectivity index (χ2v) is 5.51. The van der Waals surface area contributed by atoms with E-state index in [1.165, 1.54) is 37.9 Å². The maximum atomic E-state index is 3.77. The van der Waals surface area contributed by atoms with Gasteiger partial charge in [0.05, 0.1) is 0 Å². The van der Waals surface area contributed by atoms with E-state index in [0.29, 0.717) is 12.1 Å². The molecule has 2 heteroatoms. The Hall–Kier alpha value is -0.860. The number of hydrogen-bond acceptors (Lipinski definition) is 2. The fraction of sp³-hybridized carbons (Fsp3) is 0.600. The molecule has 92 valence electrons. The second-order valence-electron chi connectivity index (χ2n) is 5.51. The number of hydrogen-bond donors (Lipinski definition) is 1. The van der Waals surface area contributed by atoms with Gasteiger partial charge in [0.1, 0.15) is 0 Å². The van der Waals surface area contributed by atoms with E-state index in [9.17, 15) is 0 Å². The lowest BCUT2D eigenvalue weighted by Gasteiger charge is -2.20. The summed E-state index contributed by atoms with van der Waals surface area (Å²) in [6.07, 6.45) is 4.18. The van der Waals surface area contributed by atoms with Crippen molar-refractivity contribution >= 4 is 0 Å². The highest BCUT2D eigenvalue weighted by atomic mass is 15.2. The fourth-order valence-electron chi connectivity index (χ4n) is 2.89. The van der Waals surface area contributed by atoms with Gasteiger partial charge in [-0.15, -0.1) is 0 Å². The summed E-state index contributed by atoms with van der Waals surface area (Å²) in [4.78, 5) is 2.66. The van der Waals surface area contributed by atoms with E-state index in [2.05, 4.69) is 47.5 Å². The Balaban J connectivity index is 1.53. The lowest BCUT2D eigenvalue weighted by Crippen LogP contribution is -2.34. The van der Waals surface area contributed by atoms with Crippen molar-refractivity contribution in [1.29, 1.82) is 0 Å². The van der Waals surface area contributed by atoms with Crippen LogP contribution in [0, 0.1) is 0 Å². The first kappa shape index (κ1) is 11.2. The molecule has 17 heavy (non-hydrogen) atoms. The summed E-state index contributed by atoms with van der Waals surface area (Å²) in [6.45, 7) is 4.82. The third-order valence-electron chi connectivity index (χ3n) is 4.07. The predicted molar refractivity (Wildman–Crippen MR) is 71.0 cm³/mol. The van der Waals surface area contributed by atoms with E-state index < -0.39 is 0 Å². The summed E-state index contributed by atoms with van der Waals surface area (Å²) >= 11 is 0. The molecule has 1 unspecified atom stereocenters. The Kier molecular flexibility index (Phi) is 3.17. The molecule has 1 aromatic rings. The van der Waals surface area contributed by atoms with Crippen LogP contribution in [0.2, 0.25) is 0 Å². The molecule has 0 bridgehead atoms. The molecule has 0 radical (unpaired) electrons. The molecule has 2 nitrogen and oxygen atoms in total. The van der Waals surface area contributed by atoms with E-state index in [-0.39, 0.29) is 0 Å². The summed E-state index contributed by atoms with van der Waals surface area (Å²) in [6, 6.07) is 12.8. The average molecular weight is 230 g/mol. The smallest absolute Gasteiger partial charge is 0.0294 e. The van der Waals surface area contributed by atoms with Gasteiger partial charge in [0.2, 0.25) is 0 Å². The molecule has 1 aliphatic heterocycles. The van der Waals surface area contributed by atoms with E-state index in [4.69, 9.17) is 0 Å². The minimum absolute atomic E-state index is 0.473. The van der Waals surface area contributed by atoms with Crippen LogP contribution in [0.1, 0.15) is 37.8 Å². The van der Waals surface area contributed by atoms with Gasteiger partial charge in [-0.3, -0.25) is 4.90 Å². The van der Waals surface area contributed by atoms with Crippen LogP contribution in [0.15, 0.2) is 30.3 Å². The van der Waals surface area contributed by atoms with Crippen LogP contribution >= 0.6 is 0 Å². The van der Waals surface area contributed by atoms with Crippen LogP contribution in [0.3, 0.4) is 0 Å². The summed E-state index contributed by atoms with van der Waals surface area (Å²) < 4.78 is 0. The molecule has 1 aliphatic carbocycles. The minimum Gasteiger partial charge on any atom is -0.306 e. The first-order valence-corrected chi connectivity index (χ1v) is 6.88. The van der Waals surface area contributed by atoms with Gasteiger partial charge < -0.3 is 5.32 Å². The van der Waals surface area contributed by atoms with Crippen LogP contribution in [0.4, 0.5) is 0 Å². The van der Waals surface area contributed by atoms with Crippen LogP contribution in [-0.2, 0) is 0 Å². The highest BCUT2D eigenvalue weighted by Gasteiger charge is 2.34. The molecule has 2 fully saturated rings. The van der Waals surface area contributed by atoms with Crippen molar-refractivity contribution < 1.29 is 0 Å². The lowest BCUT2D eigenvalue weighted by atomic mass is 10.1. The van der Waals surface area contributed by atoms with Gasteiger partial charge in [-0.25, -0.2) is 0 Å². The Morgan fingerprint density at radius 1 is 1.18 bits per heavy atom. The number of rotatable bonds is 4. The van der Waals surface area contributed by atoms with Gasteiger partial charge in [-0.05, 0) is 31.7 Å². The minimum atomic E-state index is 0.473. The van der Waals surface area contributed by atoms with E-state index in [1.54, 1.807) is 0 Å². The van der Waals surface area contributed by atoms with Crippen LogP contribution in [0.5, 0.6) is 0 Å². The van der Waals surface area contributed by atoms with Crippen molar-refractivity contribution in [3.05, 3.63) is 35.9 Å². The average Bonchev–Trinajstić information content (AvgIpc) is 3.12. The maximum Gasteiger partial charge on any atom is 0.0294 e. The fourth-order valence-corrected chi connectivity index (χ4v) is 2.89. The van der Waals surface area contributed by atoms with Crippen molar-refractivity contribution in [3.63, 3.8) is 0 Å². The predicted octanol–water partition coefficient (Wildman–Crippen LogP) is 2.57. The van der Waals surface area contributed by atoms with Crippen molar-refractivity contribution in [2.45, 2.75) is 44.3 Å². The Morgan fingerprint density at radius 3 is 2.65 bits per heavy atom. The third kappa shape index (κ3) is 2.70. The van der Waals surface area contributed by atoms with Gasteiger partial charge in [-0.1, -0.05) is 30.3 Å². The standard InChI is InChI=1S/C15H22N2/c1-12(13-5-3-2-4-6-13)16-14-9-10-17(11-14)15-7-8-15/h2-6,12,14-16H,7-11H2,1H3/t12-,14?/m0/s1. The van der Waals surface area contributed by atoms with E-state index >= 15 is 0 Å². The molecular weight excluding hydrogens is 208 g/mol. The molecular formula is C15H22N2. The van der Waals surface area contributed by atoms with Gasteiger partial charge in [0.15, 0.2) is 0 Å². The van der Waals surface area contributed by atoms with Gasteiger partial charge >= 0.3 is 0 Å². The SMILES string of the molecule is C[C@H](NC1CCN(C2CC2)C1)c1ccccc1. The normalized spacial score (nSPS) is 27.2. The summed E-state index contributed by atoms with van der Waals surface area (Å²) in [7, 11) is 0. The lowest BCUT2D eigenvalue weighted by molar-refractivity contribution is 0.313. The summed E-state index contributed by atoms with van der Waals surface area (Å²) in [5, 5.41) is 3.77. The zero-order valence-corrected chi connectivity index (χ0v) is 10.6. The molecule has 2 aliphatic rings. The van der Waals surface area contributed by atoms with E-state index in [0.717, 1.165) is 6.04 Å². The monoisotopic (exact) mass is 230 g/mol. The summed E-state index contributed by atoms with van der Waals surface area (Å²) in [5.74, 6) is 0. The maximum absolute atomic E-state index is 3.77. The first-order chi connectivity index (χ1) is 8.33. The number of likely N-dealkylation sites (tertiary alicyclic amines) is 1. The molecule has 1 saturated carbocycles. The number of nitrogens with zero attached hydrogens (tertiary/aromatic N) is 1.